The number of ether oxygens (including phenoxy) is 1. The number of nitrogens with two attached hydrogens (primary N) is 1. The molecule has 0 saturated heterocycles. The Kier molecular flexibility index (Phi) is 3.32. The number of nitrogens with zero attached hydrogens (tertiary/aromatic N) is 2. The number of rotatable bonds is 3. The molecule has 18 heavy (non-hydrogen) atoms. The van der Waals surface area contributed by atoms with E-state index in [1.165, 1.54) is 4.68 Å². The van der Waals surface area contributed by atoms with Crippen molar-refractivity contribution in [2.45, 2.75) is 6.92 Å². The van der Waals surface area contributed by atoms with Crippen LogP contribution >= 0.6 is 0 Å². The monoisotopic (exact) mass is 245 g/mol. The molecule has 5 nitrogen and oxygen atoms in total. The minimum atomic E-state index is -0.298. The highest BCUT2D eigenvalue weighted by Crippen LogP contribution is 2.28. The van der Waals surface area contributed by atoms with Crippen molar-refractivity contribution in [3.05, 3.63) is 40.7 Å². The molecule has 0 aliphatic heterocycles. The van der Waals surface area contributed by atoms with Crippen molar-refractivity contribution in [2.24, 2.45) is 7.05 Å². The Balaban J connectivity index is 2.58. The van der Waals surface area contributed by atoms with Crippen LogP contribution in [0.5, 0.6) is 5.75 Å². The lowest BCUT2D eigenvalue weighted by atomic mass is 10.1. The maximum absolute atomic E-state index is 11.5. The van der Waals surface area contributed by atoms with E-state index in [-0.39, 0.29) is 11.2 Å². The van der Waals surface area contributed by atoms with Crippen LogP contribution in [0.1, 0.15) is 6.92 Å². The van der Waals surface area contributed by atoms with Gasteiger partial charge in [-0.2, -0.15) is 5.10 Å². The van der Waals surface area contributed by atoms with Gasteiger partial charge in [-0.3, -0.25) is 4.79 Å². The Bertz CT molecular complexity index is 594. The zero-order valence-corrected chi connectivity index (χ0v) is 10.4. The molecule has 1 aromatic carbocycles. The van der Waals surface area contributed by atoms with Crippen LogP contribution in [0.25, 0.3) is 11.3 Å². The van der Waals surface area contributed by atoms with Crippen LogP contribution in [0.3, 0.4) is 0 Å². The quantitative estimate of drug-likeness (QED) is 0.888. The molecule has 5 heteroatoms. The Morgan fingerprint density at radius 2 is 2.11 bits per heavy atom. The third kappa shape index (κ3) is 2.20. The summed E-state index contributed by atoms with van der Waals surface area (Å²) in [5.74, 6) is 0.727. The zero-order chi connectivity index (χ0) is 13.1. The van der Waals surface area contributed by atoms with Crippen molar-refractivity contribution in [1.82, 2.24) is 9.78 Å². The highest BCUT2D eigenvalue weighted by molar-refractivity contribution is 5.68. The minimum Gasteiger partial charge on any atom is -0.493 e. The van der Waals surface area contributed by atoms with Gasteiger partial charge in [0, 0.05) is 12.6 Å². The van der Waals surface area contributed by atoms with Gasteiger partial charge in [-0.1, -0.05) is 12.1 Å². The van der Waals surface area contributed by atoms with Crippen molar-refractivity contribution in [2.75, 3.05) is 12.3 Å². The van der Waals surface area contributed by atoms with E-state index in [4.69, 9.17) is 10.5 Å². The Morgan fingerprint density at radius 1 is 1.39 bits per heavy atom. The summed E-state index contributed by atoms with van der Waals surface area (Å²) in [4.78, 5) is 11.5. The Hall–Kier alpha value is -2.30. The first-order valence-electron chi connectivity index (χ1n) is 5.69. The lowest BCUT2D eigenvalue weighted by Gasteiger charge is -2.10. The molecule has 2 rings (SSSR count). The minimum absolute atomic E-state index is 0.175. The summed E-state index contributed by atoms with van der Waals surface area (Å²) in [6.07, 6.45) is 0. The molecule has 0 radical (unpaired) electrons. The first kappa shape index (κ1) is 12.2. The van der Waals surface area contributed by atoms with Crippen LogP contribution in [0.2, 0.25) is 0 Å². The molecule has 0 aliphatic carbocycles. The maximum Gasteiger partial charge on any atom is 0.289 e. The van der Waals surface area contributed by atoms with Gasteiger partial charge >= 0.3 is 0 Å². The van der Waals surface area contributed by atoms with Crippen LogP contribution in [0.4, 0.5) is 5.69 Å². The molecule has 2 aromatic rings. The Labute approximate surface area is 105 Å². The molecule has 0 spiro atoms. The topological polar surface area (TPSA) is 70.1 Å². The lowest BCUT2D eigenvalue weighted by Crippen LogP contribution is -2.22. The van der Waals surface area contributed by atoms with Crippen molar-refractivity contribution in [3.63, 3.8) is 0 Å². The molecule has 0 amide bonds. The van der Waals surface area contributed by atoms with E-state index in [2.05, 4.69) is 5.10 Å². The molecule has 0 aliphatic rings. The molecular formula is C13H15N3O2. The first-order valence-corrected chi connectivity index (χ1v) is 5.69. The largest absolute Gasteiger partial charge is 0.493 e. The summed E-state index contributed by atoms with van der Waals surface area (Å²) in [6.45, 7) is 2.48. The fourth-order valence-electron chi connectivity index (χ4n) is 1.72. The fourth-order valence-corrected chi connectivity index (χ4v) is 1.72. The first-order chi connectivity index (χ1) is 8.63. The van der Waals surface area contributed by atoms with Gasteiger partial charge in [0.25, 0.3) is 5.56 Å². The van der Waals surface area contributed by atoms with Crippen LogP contribution < -0.4 is 16.0 Å². The van der Waals surface area contributed by atoms with Crippen LogP contribution in [-0.2, 0) is 7.05 Å². The van der Waals surface area contributed by atoms with Gasteiger partial charge < -0.3 is 10.5 Å². The van der Waals surface area contributed by atoms with E-state index in [9.17, 15) is 4.79 Å². The third-order valence-electron chi connectivity index (χ3n) is 2.55. The van der Waals surface area contributed by atoms with E-state index >= 15 is 0 Å². The van der Waals surface area contributed by atoms with Gasteiger partial charge in [0.15, 0.2) is 0 Å². The van der Waals surface area contributed by atoms with E-state index in [1.807, 2.05) is 31.2 Å². The average Bonchev–Trinajstić information content (AvgIpc) is 2.36. The molecular weight excluding hydrogens is 230 g/mol. The summed E-state index contributed by atoms with van der Waals surface area (Å²) in [7, 11) is 1.57. The molecule has 0 fully saturated rings. The molecule has 2 N–H and O–H groups in total. The zero-order valence-electron chi connectivity index (χ0n) is 10.4. The SMILES string of the molecule is CCOc1ccccc1-c1cc(N)c(=O)n(C)n1. The second-order valence-electron chi connectivity index (χ2n) is 3.84. The van der Waals surface area contributed by atoms with Gasteiger partial charge in [0.05, 0.1) is 12.3 Å². The van der Waals surface area contributed by atoms with Gasteiger partial charge in [0.2, 0.25) is 0 Å². The van der Waals surface area contributed by atoms with Crippen LogP contribution in [0, 0.1) is 0 Å². The maximum atomic E-state index is 11.5. The van der Waals surface area contributed by atoms with Crippen molar-refractivity contribution < 1.29 is 4.74 Å². The standard InChI is InChI=1S/C13H15N3O2/c1-3-18-12-7-5-4-6-9(12)11-8-10(14)13(17)16(2)15-11/h4-8H,3,14H2,1-2H3. The summed E-state index contributed by atoms with van der Waals surface area (Å²) < 4.78 is 6.76. The molecule has 0 atom stereocenters. The second-order valence-corrected chi connectivity index (χ2v) is 3.84. The molecule has 0 saturated carbocycles. The summed E-state index contributed by atoms with van der Waals surface area (Å²) in [6, 6.07) is 9.10. The third-order valence-corrected chi connectivity index (χ3v) is 2.55. The number of hydrogen-bond donors (Lipinski definition) is 1. The molecule has 1 aromatic heterocycles. The summed E-state index contributed by atoms with van der Waals surface area (Å²) in [5.41, 5.74) is 6.99. The normalized spacial score (nSPS) is 10.3. The molecule has 0 bridgehead atoms. The number of nitrogen functional groups attached to an aromatic ring is 1. The number of anilines is 1. The fraction of sp³-hybridized carbons (Fsp3) is 0.231. The van der Waals surface area contributed by atoms with Gasteiger partial charge in [-0.25, -0.2) is 4.68 Å². The molecule has 94 valence electrons. The predicted octanol–water partition coefficient (Wildman–Crippen LogP) is 1.43. The van der Waals surface area contributed by atoms with E-state index in [0.717, 1.165) is 11.3 Å². The number of benzene rings is 1. The second kappa shape index (κ2) is 4.91. The summed E-state index contributed by atoms with van der Waals surface area (Å²) >= 11 is 0. The number of para-hydroxylation sites is 1. The highest BCUT2D eigenvalue weighted by Gasteiger charge is 2.10. The summed E-state index contributed by atoms with van der Waals surface area (Å²) in [5, 5.41) is 4.19. The lowest BCUT2D eigenvalue weighted by molar-refractivity contribution is 0.341. The van der Waals surface area contributed by atoms with Crippen LogP contribution in [0.15, 0.2) is 35.1 Å². The average molecular weight is 245 g/mol. The number of aromatic nitrogens is 2. The van der Waals surface area contributed by atoms with E-state index in [0.29, 0.717) is 12.3 Å². The van der Waals surface area contributed by atoms with E-state index < -0.39 is 0 Å². The van der Waals surface area contributed by atoms with Gasteiger partial charge in [-0.15, -0.1) is 0 Å². The van der Waals surface area contributed by atoms with Crippen molar-refractivity contribution in [1.29, 1.82) is 0 Å². The van der Waals surface area contributed by atoms with Crippen molar-refractivity contribution in [3.8, 4) is 17.0 Å². The van der Waals surface area contributed by atoms with Crippen molar-refractivity contribution >= 4 is 5.69 Å². The Morgan fingerprint density at radius 3 is 2.78 bits per heavy atom. The molecule has 1 heterocycles. The highest BCUT2D eigenvalue weighted by atomic mass is 16.5. The smallest absolute Gasteiger partial charge is 0.289 e. The van der Waals surface area contributed by atoms with E-state index in [1.54, 1.807) is 13.1 Å². The predicted molar refractivity (Wildman–Crippen MR) is 70.5 cm³/mol. The molecule has 0 unspecified atom stereocenters. The van der Waals surface area contributed by atoms with Gasteiger partial charge in [-0.05, 0) is 25.1 Å². The number of hydrogen-bond acceptors (Lipinski definition) is 4. The van der Waals surface area contributed by atoms with Crippen LogP contribution in [-0.4, -0.2) is 16.4 Å². The number of aryl methyl sites for hydroxylation is 1. The van der Waals surface area contributed by atoms with Gasteiger partial charge in [0.1, 0.15) is 11.4 Å².